The van der Waals surface area contributed by atoms with E-state index in [2.05, 4.69) is 104 Å². The van der Waals surface area contributed by atoms with Crippen molar-refractivity contribution in [1.82, 2.24) is 14.1 Å². The molecule has 0 radical (unpaired) electrons. The highest BCUT2D eigenvalue weighted by molar-refractivity contribution is 6.12. The summed E-state index contributed by atoms with van der Waals surface area (Å²) in [5, 5.41) is 25.3. The quantitative estimate of drug-likeness (QED) is 0.167. The Kier molecular flexibility index (Phi) is 7.53. The van der Waals surface area contributed by atoms with Gasteiger partial charge in [0.25, 0.3) is 0 Å². The average molecular weight is 713 g/mol. The molecule has 0 aliphatic heterocycles. The average Bonchev–Trinajstić information content (AvgIpc) is 3.78. The Bertz CT molecular complexity index is 3150. The molecule has 0 fully saturated rings. The maximum Gasteiger partial charge on any atom is 0.187 e. The van der Waals surface area contributed by atoms with E-state index in [1.54, 1.807) is 12.4 Å². The molecule has 7 aromatic carbocycles. The smallest absolute Gasteiger partial charge is 0.187 e. The van der Waals surface area contributed by atoms with E-state index in [0.717, 1.165) is 88.4 Å². The second-order valence-electron chi connectivity index (χ2n) is 13.8. The van der Waals surface area contributed by atoms with Crippen LogP contribution in [0.2, 0.25) is 0 Å². The number of hydrogen-bond donors (Lipinski definition) is 0. The molecule has 258 valence electrons. The third kappa shape index (κ3) is 5.12. The van der Waals surface area contributed by atoms with E-state index in [1.807, 2.05) is 84.9 Å². The summed E-state index contributed by atoms with van der Waals surface area (Å²) in [5.74, 6) is 0. The van der Waals surface area contributed by atoms with Gasteiger partial charge in [0.05, 0.1) is 51.6 Å². The lowest BCUT2D eigenvalue weighted by atomic mass is 10.00. The molecular weight excluding hydrogens is 685 g/mol. The number of benzene rings is 7. The van der Waals surface area contributed by atoms with Crippen molar-refractivity contribution in [3.05, 3.63) is 193 Å². The summed E-state index contributed by atoms with van der Waals surface area (Å²) in [6.45, 7) is 7.61. The van der Waals surface area contributed by atoms with Gasteiger partial charge in [0.2, 0.25) is 0 Å². The molecule has 0 atom stereocenters. The first-order valence-electron chi connectivity index (χ1n) is 18.2. The molecule has 0 saturated carbocycles. The highest BCUT2D eigenvalue weighted by Gasteiger charge is 2.23. The van der Waals surface area contributed by atoms with E-state index in [9.17, 15) is 10.5 Å². The molecule has 0 spiro atoms. The van der Waals surface area contributed by atoms with Crippen LogP contribution >= 0.6 is 0 Å². The van der Waals surface area contributed by atoms with Crippen molar-refractivity contribution in [2.24, 2.45) is 0 Å². The molecule has 3 aromatic heterocycles. The molecule has 0 bridgehead atoms. The van der Waals surface area contributed by atoms with Gasteiger partial charge < -0.3 is 9.13 Å². The molecule has 0 N–H and O–H groups in total. The van der Waals surface area contributed by atoms with Gasteiger partial charge in [-0.15, -0.1) is 0 Å². The van der Waals surface area contributed by atoms with Gasteiger partial charge in [-0.05, 0) is 100 Å². The molecule has 10 aromatic rings. The summed E-state index contributed by atoms with van der Waals surface area (Å²) >= 11 is 0. The van der Waals surface area contributed by atoms with E-state index in [4.69, 9.17) is 6.57 Å². The maximum absolute atomic E-state index is 11.4. The minimum atomic E-state index is 0.519. The monoisotopic (exact) mass is 712 g/mol. The van der Waals surface area contributed by atoms with Gasteiger partial charge >= 0.3 is 0 Å². The zero-order valence-corrected chi connectivity index (χ0v) is 29.8. The third-order valence-corrected chi connectivity index (χ3v) is 10.7. The van der Waals surface area contributed by atoms with Crippen molar-refractivity contribution in [2.45, 2.75) is 0 Å². The van der Waals surface area contributed by atoms with Gasteiger partial charge in [0, 0.05) is 33.9 Å². The highest BCUT2D eigenvalue weighted by atomic mass is 15.0. The van der Waals surface area contributed by atoms with Crippen LogP contribution in [0.1, 0.15) is 11.1 Å². The predicted octanol–water partition coefficient (Wildman–Crippen LogP) is 12.6. The number of para-hydroxylation sites is 2. The largest absolute Gasteiger partial charge is 0.308 e. The Morgan fingerprint density at radius 3 is 1.55 bits per heavy atom. The van der Waals surface area contributed by atoms with Crippen molar-refractivity contribution in [3.8, 4) is 56.9 Å². The normalized spacial score (nSPS) is 11.2. The molecule has 10 rings (SSSR count). The molecule has 3 heterocycles. The summed E-state index contributed by atoms with van der Waals surface area (Å²) in [4.78, 5) is 7.99. The number of pyridine rings is 1. The van der Waals surface area contributed by atoms with Crippen LogP contribution in [0.3, 0.4) is 0 Å². The van der Waals surface area contributed by atoms with Gasteiger partial charge in [0.15, 0.2) is 5.69 Å². The molecule has 0 amide bonds. The first kappa shape index (κ1) is 32.4. The van der Waals surface area contributed by atoms with Crippen LogP contribution in [-0.2, 0) is 0 Å². The standard InChI is InChI=1S/C50H28N6/c1-53-39-11-7-10-35(25-39)37-17-19-43-41-13-3-5-15-46(41)56(48(43)27-37)50-29-38(33-20-22-54-23-21-33)28-49(44(50)31-52)55-45-14-4-2-12-40(45)42-18-16-36(26-47(42)55)34-9-6-8-32(24-34)30-51/h2-29H. The lowest BCUT2D eigenvalue weighted by molar-refractivity contribution is 1.12. The van der Waals surface area contributed by atoms with Crippen molar-refractivity contribution < 1.29 is 0 Å². The molecule has 0 unspecified atom stereocenters. The summed E-state index contributed by atoms with van der Waals surface area (Å²) in [6.07, 6.45) is 3.58. The Labute approximate surface area is 322 Å². The molecular formula is C50H28N6. The fourth-order valence-corrected chi connectivity index (χ4v) is 8.13. The number of hydrogen-bond acceptors (Lipinski definition) is 3. The topological polar surface area (TPSA) is 74.7 Å². The summed E-state index contributed by atoms with van der Waals surface area (Å²) in [6, 6.07) is 57.9. The summed E-state index contributed by atoms with van der Waals surface area (Å²) < 4.78 is 4.43. The number of nitriles is 2. The van der Waals surface area contributed by atoms with Crippen LogP contribution in [0.15, 0.2) is 170 Å². The Balaban J connectivity index is 1.32. The van der Waals surface area contributed by atoms with Gasteiger partial charge in [-0.25, -0.2) is 4.85 Å². The van der Waals surface area contributed by atoms with E-state index in [0.29, 0.717) is 16.8 Å². The number of rotatable bonds is 5. The second-order valence-corrected chi connectivity index (χ2v) is 13.8. The van der Waals surface area contributed by atoms with Crippen molar-refractivity contribution in [3.63, 3.8) is 0 Å². The Hall–Kier alpha value is -8.24. The molecule has 0 aliphatic rings. The third-order valence-electron chi connectivity index (χ3n) is 10.7. The molecule has 6 nitrogen and oxygen atoms in total. The molecule has 0 saturated heterocycles. The van der Waals surface area contributed by atoms with Crippen LogP contribution in [0.25, 0.3) is 93.2 Å². The maximum atomic E-state index is 11.4. The Morgan fingerprint density at radius 1 is 0.446 bits per heavy atom. The van der Waals surface area contributed by atoms with Gasteiger partial charge in [0.1, 0.15) is 11.6 Å². The zero-order chi connectivity index (χ0) is 37.8. The minimum Gasteiger partial charge on any atom is -0.308 e. The predicted molar refractivity (Wildman–Crippen MR) is 225 cm³/mol. The number of nitrogens with zero attached hydrogens (tertiary/aromatic N) is 6. The first-order valence-corrected chi connectivity index (χ1v) is 18.2. The minimum absolute atomic E-state index is 0.519. The lowest BCUT2D eigenvalue weighted by Gasteiger charge is -2.19. The van der Waals surface area contributed by atoms with Gasteiger partial charge in [-0.2, -0.15) is 10.5 Å². The van der Waals surface area contributed by atoms with Gasteiger partial charge in [-0.1, -0.05) is 91.0 Å². The fourth-order valence-electron chi connectivity index (χ4n) is 8.13. The SMILES string of the molecule is [C-]#[N+]c1cccc(-c2ccc3c4ccccc4n(-c4cc(-c5ccncc5)cc(-n5c6ccccc6c6ccc(-c7cccc(C#N)c7)cc65)c4C#N)c3c2)c1. The van der Waals surface area contributed by atoms with Crippen LogP contribution < -0.4 is 0 Å². The fraction of sp³-hybridized carbons (Fsp3) is 0. The van der Waals surface area contributed by atoms with Crippen LogP contribution in [0, 0.1) is 29.2 Å². The summed E-state index contributed by atoms with van der Waals surface area (Å²) in [5.41, 5.74) is 12.8. The Morgan fingerprint density at radius 2 is 0.982 bits per heavy atom. The van der Waals surface area contributed by atoms with Crippen molar-refractivity contribution >= 4 is 49.3 Å². The lowest BCUT2D eigenvalue weighted by Crippen LogP contribution is -2.05. The van der Waals surface area contributed by atoms with E-state index >= 15 is 0 Å². The second kappa shape index (κ2) is 13.0. The zero-order valence-electron chi connectivity index (χ0n) is 29.8. The van der Waals surface area contributed by atoms with Crippen LogP contribution in [0.5, 0.6) is 0 Å². The first-order chi connectivity index (χ1) is 27.6. The molecule has 56 heavy (non-hydrogen) atoms. The van der Waals surface area contributed by atoms with Gasteiger partial charge in [-0.3, -0.25) is 4.98 Å². The van der Waals surface area contributed by atoms with E-state index in [1.165, 1.54) is 0 Å². The van der Waals surface area contributed by atoms with E-state index in [-0.39, 0.29) is 0 Å². The molecule has 6 heteroatoms. The van der Waals surface area contributed by atoms with Crippen molar-refractivity contribution in [1.29, 1.82) is 10.5 Å². The van der Waals surface area contributed by atoms with Crippen LogP contribution in [0.4, 0.5) is 5.69 Å². The molecule has 0 aliphatic carbocycles. The van der Waals surface area contributed by atoms with Crippen LogP contribution in [-0.4, -0.2) is 14.1 Å². The number of aromatic nitrogens is 3. The number of fused-ring (bicyclic) bond motifs is 6. The van der Waals surface area contributed by atoms with Crippen molar-refractivity contribution in [2.75, 3.05) is 0 Å². The van der Waals surface area contributed by atoms with E-state index < -0.39 is 0 Å². The summed E-state index contributed by atoms with van der Waals surface area (Å²) in [7, 11) is 0. The highest BCUT2D eigenvalue weighted by Crippen LogP contribution is 2.42.